The van der Waals surface area contributed by atoms with E-state index in [1.807, 2.05) is 24.3 Å². The zero-order valence-corrected chi connectivity index (χ0v) is 13.0. The minimum Gasteiger partial charge on any atom is -0.480 e. The van der Waals surface area contributed by atoms with Gasteiger partial charge in [0.25, 0.3) is 0 Å². The zero-order chi connectivity index (χ0) is 15.8. The van der Waals surface area contributed by atoms with Gasteiger partial charge in [-0.3, -0.25) is 15.6 Å². The SMILES string of the molecule is N=C(N)SCCc1ccc(C[C@H](SC(=N)N)C(=O)O)cc1. The second-order valence-electron chi connectivity index (χ2n) is 4.29. The largest absolute Gasteiger partial charge is 0.480 e. The Kier molecular flexibility index (Phi) is 7.10. The maximum absolute atomic E-state index is 11.1. The molecule has 1 atom stereocenters. The van der Waals surface area contributed by atoms with Crippen LogP contribution in [-0.2, 0) is 17.6 Å². The standard InChI is InChI=1S/C13H18N4O2S2/c14-12(15)20-6-5-8-1-3-9(4-2-8)7-10(11(18)19)21-13(16)17/h1-4,10H,5-7H2,(H3,14,15)(H3,16,17)(H,18,19)/t10-/m0/s1. The molecule has 0 fully saturated rings. The monoisotopic (exact) mass is 326 g/mol. The molecule has 0 spiro atoms. The number of hydrogen-bond donors (Lipinski definition) is 5. The van der Waals surface area contributed by atoms with Crippen molar-refractivity contribution in [3.8, 4) is 0 Å². The van der Waals surface area contributed by atoms with Crippen molar-refractivity contribution in [2.45, 2.75) is 18.1 Å². The molecular formula is C13H18N4O2S2. The maximum Gasteiger partial charge on any atom is 0.317 e. The third kappa shape index (κ3) is 7.05. The van der Waals surface area contributed by atoms with Crippen LogP contribution in [-0.4, -0.2) is 32.4 Å². The minimum atomic E-state index is -0.975. The summed E-state index contributed by atoms with van der Waals surface area (Å²) < 4.78 is 0. The highest BCUT2D eigenvalue weighted by atomic mass is 32.2. The van der Waals surface area contributed by atoms with Crippen LogP contribution in [0.25, 0.3) is 0 Å². The van der Waals surface area contributed by atoms with E-state index in [0.717, 1.165) is 35.1 Å². The third-order valence-corrected chi connectivity index (χ3v) is 4.26. The molecule has 0 aliphatic rings. The van der Waals surface area contributed by atoms with Gasteiger partial charge in [0.05, 0.1) is 0 Å². The van der Waals surface area contributed by atoms with Crippen LogP contribution in [0.15, 0.2) is 24.3 Å². The van der Waals surface area contributed by atoms with Gasteiger partial charge in [-0.25, -0.2) is 0 Å². The van der Waals surface area contributed by atoms with Crippen LogP contribution in [0, 0.1) is 10.8 Å². The summed E-state index contributed by atoms with van der Waals surface area (Å²) in [6, 6.07) is 7.63. The summed E-state index contributed by atoms with van der Waals surface area (Å²) in [6.07, 6.45) is 1.12. The number of amidine groups is 2. The van der Waals surface area contributed by atoms with Crippen molar-refractivity contribution in [1.82, 2.24) is 0 Å². The van der Waals surface area contributed by atoms with Gasteiger partial charge >= 0.3 is 5.97 Å². The van der Waals surface area contributed by atoms with Gasteiger partial charge in [0.2, 0.25) is 0 Å². The molecular weight excluding hydrogens is 308 g/mol. The number of hydrogen-bond acceptors (Lipinski definition) is 5. The first-order valence-corrected chi connectivity index (χ1v) is 8.03. The van der Waals surface area contributed by atoms with Crippen molar-refractivity contribution in [2.75, 3.05) is 5.75 Å². The fourth-order valence-electron chi connectivity index (χ4n) is 1.67. The minimum absolute atomic E-state index is 0.108. The highest BCUT2D eigenvalue weighted by Gasteiger charge is 2.19. The molecule has 1 aromatic rings. The third-order valence-electron chi connectivity index (χ3n) is 2.64. The van der Waals surface area contributed by atoms with Gasteiger partial charge in [-0.1, -0.05) is 47.8 Å². The van der Waals surface area contributed by atoms with Gasteiger partial charge in [-0.15, -0.1) is 0 Å². The van der Waals surface area contributed by atoms with E-state index in [1.54, 1.807) is 0 Å². The van der Waals surface area contributed by atoms with E-state index in [1.165, 1.54) is 11.8 Å². The lowest BCUT2D eigenvalue weighted by molar-refractivity contribution is -0.136. The lowest BCUT2D eigenvalue weighted by atomic mass is 10.1. The number of carbonyl (C=O) groups is 1. The topological polar surface area (TPSA) is 137 Å². The quantitative estimate of drug-likeness (QED) is 0.380. The first kappa shape index (κ1) is 17.4. The van der Waals surface area contributed by atoms with Crippen molar-refractivity contribution in [2.24, 2.45) is 11.5 Å². The summed E-state index contributed by atoms with van der Waals surface area (Å²) in [5.74, 6) is -0.232. The molecule has 0 radical (unpaired) electrons. The number of aryl methyl sites for hydroxylation is 1. The number of aliphatic carboxylic acids is 1. The number of carboxylic acids is 1. The van der Waals surface area contributed by atoms with Crippen LogP contribution < -0.4 is 11.5 Å². The summed E-state index contributed by atoms with van der Waals surface area (Å²) in [6.45, 7) is 0. The molecule has 0 heterocycles. The molecule has 0 aromatic heterocycles. The maximum atomic E-state index is 11.1. The van der Waals surface area contributed by atoms with Crippen molar-refractivity contribution < 1.29 is 9.90 Å². The van der Waals surface area contributed by atoms with E-state index in [4.69, 9.17) is 27.4 Å². The van der Waals surface area contributed by atoms with Gasteiger partial charge in [-0.05, 0) is 24.0 Å². The second kappa shape index (κ2) is 8.58. The van der Waals surface area contributed by atoms with Gasteiger partial charge < -0.3 is 16.6 Å². The summed E-state index contributed by atoms with van der Waals surface area (Å²) in [7, 11) is 0. The molecule has 8 heteroatoms. The Labute approximate surface area is 131 Å². The number of carboxylic acid groups (broad SMARTS) is 1. The van der Waals surface area contributed by atoms with E-state index in [9.17, 15) is 4.79 Å². The molecule has 0 saturated carbocycles. The fourth-order valence-corrected chi connectivity index (χ4v) is 2.91. The van der Waals surface area contributed by atoms with Crippen molar-refractivity contribution in [3.05, 3.63) is 35.4 Å². The van der Waals surface area contributed by atoms with Crippen molar-refractivity contribution in [1.29, 1.82) is 10.8 Å². The number of nitrogens with two attached hydrogens (primary N) is 2. The van der Waals surface area contributed by atoms with Crippen molar-refractivity contribution >= 4 is 39.8 Å². The predicted molar refractivity (Wildman–Crippen MR) is 89.2 cm³/mol. The molecule has 0 unspecified atom stereocenters. The lowest BCUT2D eigenvalue weighted by Gasteiger charge is -2.11. The zero-order valence-electron chi connectivity index (χ0n) is 11.3. The average Bonchev–Trinajstić information content (AvgIpc) is 2.39. The predicted octanol–water partition coefficient (Wildman–Crippen LogP) is 1.48. The molecule has 0 saturated heterocycles. The lowest BCUT2D eigenvalue weighted by Crippen LogP contribution is -2.23. The Balaban J connectivity index is 2.58. The molecule has 0 aliphatic heterocycles. The Morgan fingerprint density at radius 1 is 1.14 bits per heavy atom. The number of nitrogens with one attached hydrogen (secondary N) is 2. The molecule has 1 rings (SSSR count). The summed E-state index contributed by atoms with van der Waals surface area (Å²) in [4.78, 5) is 11.1. The highest BCUT2D eigenvalue weighted by molar-refractivity contribution is 8.14. The van der Waals surface area contributed by atoms with E-state index < -0.39 is 11.2 Å². The second-order valence-corrected chi connectivity index (χ2v) is 6.67. The normalized spacial score (nSPS) is 11.8. The molecule has 21 heavy (non-hydrogen) atoms. The summed E-state index contributed by atoms with van der Waals surface area (Å²) in [5.41, 5.74) is 12.5. The van der Waals surface area contributed by atoms with Crippen LogP contribution in [0.4, 0.5) is 0 Å². The van der Waals surface area contributed by atoms with E-state index in [0.29, 0.717) is 6.42 Å². The van der Waals surface area contributed by atoms with Crippen LogP contribution >= 0.6 is 23.5 Å². The van der Waals surface area contributed by atoms with Crippen LogP contribution in [0.2, 0.25) is 0 Å². The smallest absolute Gasteiger partial charge is 0.317 e. The Bertz CT molecular complexity index is 519. The number of benzene rings is 1. The molecule has 0 bridgehead atoms. The van der Waals surface area contributed by atoms with Crippen LogP contribution in [0.5, 0.6) is 0 Å². The van der Waals surface area contributed by atoms with Gasteiger partial charge in [0.15, 0.2) is 10.3 Å². The molecule has 6 nitrogen and oxygen atoms in total. The average molecular weight is 326 g/mol. The number of rotatable bonds is 7. The van der Waals surface area contributed by atoms with Gasteiger partial charge in [-0.2, -0.15) is 0 Å². The molecule has 114 valence electrons. The fraction of sp³-hybridized carbons (Fsp3) is 0.308. The van der Waals surface area contributed by atoms with Crippen molar-refractivity contribution in [3.63, 3.8) is 0 Å². The Morgan fingerprint density at radius 3 is 2.19 bits per heavy atom. The Hall–Kier alpha value is -1.67. The molecule has 0 aliphatic carbocycles. The first-order chi connectivity index (χ1) is 9.88. The molecule has 7 N–H and O–H groups in total. The van der Waals surface area contributed by atoms with E-state index in [2.05, 4.69) is 0 Å². The van der Waals surface area contributed by atoms with Crippen LogP contribution in [0.1, 0.15) is 11.1 Å². The first-order valence-electron chi connectivity index (χ1n) is 6.16. The summed E-state index contributed by atoms with van der Waals surface area (Å²) in [5, 5.41) is 22.6. The van der Waals surface area contributed by atoms with Gasteiger partial charge in [0, 0.05) is 5.75 Å². The molecule has 0 amide bonds. The summed E-state index contributed by atoms with van der Waals surface area (Å²) >= 11 is 2.14. The van der Waals surface area contributed by atoms with E-state index >= 15 is 0 Å². The van der Waals surface area contributed by atoms with Crippen LogP contribution in [0.3, 0.4) is 0 Å². The van der Waals surface area contributed by atoms with Gasteiger partial charge in [0.1, 0.15) is 5.25 Å². The molecule has 1 aromatic carbocycles. The number of thioether (sulfide) groups is 2. The Morgan fingerprint density at radius 2 is 1.71 bits per heavy atom. The van der Waals surface area contributed by atoms with E-state index in [-0.39, 0.29) is 10.3 Å². The highest BCUT2D eigenvalue weighted by Crippen LogP contribution is 2.17.